The van der Waals surface area contributed by atoms with E-state index in [0.29, 0.717) is 11.3 Å². The van der Waals surface area contributed by atoms with Crippen molar-refractivity contribution in [2.75, 3.05) is 0 Å². The predicted octanol–water partition coefficient (Wildman–Crippen LogP) is 1.85. The Morgan fingerprint density at radius 3 is 2.90 bits per heavy atom. The number of H-pyrrole nitrogens is 1. The quantitative estimate of drug-likeness (QED) is 0.296. The van der Waals surface area contributed by atoms with Gasteiger partial charge in [-0.05, 0) is 30.8 Å². The average Bonchev–Trinajstić information content (AvgIpc) is 2.99. The topological polar surface area (TPSA) is 105 Å². The number of nitrogens with two attached hydrogens (primary N) is 1. The third-order valence-electron chi connectivity index (χ3n) is 3.09. The molecule has 0 amide bonds. The summed E-state index contributed by atoms with van der Waals surface area (Å²) in [5.41, 5.74) is 8.91. The standard InChI is InChI=1S/C13H14N6OS/c1-7-10(11(14)18-20)12(19(2)17-7)21-13-15-8-5-3-4-6-9(8)16-13/h3-6,20H,1-2H3,(H2,14,18)(H,15,16). The maximum atomic E-state index is 8.92. The van der Waals surface area contributed by atoms with Gasteiger partial charge in [-0.15, -0.1) is 0 Å². The highest BCUT2D eigenvalue weighted by molar-refractivity contribution is 7.99. The maximum Gasteiger partial charge on any atom is 0.174 e. The van der Waals surface area contributed by atoms with Crippen LogP contribution in [0.2, 0.25) is 0 Å². The number of nitrogens with zero attached hydrogens (tertiary/aromatic N) is 4. The molecule has 2 aromatic heterocycles. The molecule has 2 heterocycles. The molecule has 0 unspecified atom stereocenters. The molecule has 0 saturated carbocycles. The Morgan fingerprint density at radius 1 is 1.43 bits per heavy atom. The van der Waals surface area contributed by atoms with Crippen LogP contribution in [0.3, 0.4) is 0 Å². The smallest absolute Gasteiger partial charge is 0.174 e. The van der Waals surface area contributed by atoms with E-state index in [-0.39, 0.29) is 5.84 Å². The molecule has 108 valence electrons. The minimum Gasteiger partial charge on any atom is -0.409 e. The zero-order chi connectivity index (χ0) is 15.0. The van der Waals surface area contributed by atoms with Crippen LogP contribution in [-0.4, -0.2) is 30.8 Å². The van der Waals surface area contributed by atoms with Crippen LogP contribution in [0.1, 0.15) is 11.3 Å². The summed E-state index contributed by atoms with van der Waals surface area (Å²) >= 11 is 1.39. The van der Waals surface area contributed by atoms with Crippen molar-refractivity contribution in [1.82, 2.24) is 19.7 Å². The molecule has 1 aromatic carbocycles. The SMILES string of the molecule is Cc1nn(C)c(Sc2nc3ccccc3[nH]2)c1C(N)=NO. The average molecular weight is 302 g/mol. The number of fused-ring (bicyclic) bond motifs is 1. The summed E-state index contributed by atoms with van der Waals surface area (Å²) in [5.74, 6) is 0.0409. The molecule has 0 spiro atoms. The molecule has 0 bridgehead atoms. The molecular weight excluding hydrogens is 288 g/mol. The van der Waals surface area contributed by atoms with Gasteiger partial charge in [-0.1, -0.05) is 17.3 Å². The molecule has 0 aliphatic rings. The number of hydrogen-bond donors (Lipinski definition) is 3. The summed E-state index contributed by atoms with van der Waals surface area (Å²) in [5, 5.41) is 17.8. The van der Waals surface area contributed by atoms with E-state index in [2.05, 4.69) is 20.2 Å². The minimum atomic E-state index is 0.0409. The summed E-state index contributed by atoms with van der Waals surface area (Å²) in [4.78, 5) is 7.74. The highest BCUT2D eigenvalue weighted by atomic mass is 32.2. The number of amidine groups is 1. The van der Waals surface area contributed by atoms with Gasteiger partial charge in [0.2, 0.25) is 0 Å². The first-order chi connectivity index (χ1) is 10.1. The molecule has 21 heavy (non-hydrogen) atoms. The maximum absolute atomic E-state index is 8.92. The normalized spacial score (nSPS) is 12.2. The molecule has 0 saturated heterocycles. The number of oxime groups is 1. The van der Waals surface area contributed by atoms with Crippen molar-refractivity contribution in [3.63, 3.8) is 0 Å². The molecule has 0 fully saturated rings. The van der Waals surface area contributed by atoms with E-state index in [9.17, 15) is 0 Å². The zero-order valence-electron chi connectivity index (χ0n) is 11.5. The van der Waals surface area contributed by atoms with Gasteiger partial charge in [-0.3, -0.25) is 4.68 Å². The van der Waals surface area contributed by atoms with Gasteiger partial charge in [0.25, 0.3) is 0 Å². The van der Waals surface area contributed by atoms with E-state index < -0.39 is 0 Å². The Bertz CT molecular complexity index is 801. The van der Waals surface area contributed by atoms with E-state index in [1.807, 2.05) is 38.2 Å². The largest absolute Gasteiger partial charge is 0.409 e. The second-order valence-corrected chi connectivity index (χ2v) is 5.51. The number of aromatic amines is 1. The first-order valence-corrected chi connectivity index (χ1v) is 7.06. The Kier molecular flexibility index (Phi) is 3.30. The van der Waals surface area contributed by atoms with Crippen molar-refractivity contribution >= 4 is 28.6 Å². The Balaban J connectivity index is 2.05. The molecule has 3 rings (SSSR count). The van der Waals surface area contributed by atoms with Crippen LogP contribution in [0.15, 0.2) is 39.6 Å². The number of aromatic nitrogens is 4. The van der Waals surface area contributed by atoms with Gasteiger partial charge in [0.1, 0.15) is 5.03 Å². The summed E-state index contributed by atoms with van der Waals surface area (Å²) in [6, 6.07) is 7.79. The van der Waals surface area contributed by atoms with E-state index >= 15 is 0 Å². The lowest BCUT2D eigenvalue weighted by atomic mass is 10.2. The molecule has 4 N–H and O–H groups in total. The van der Waals surface area contributed by atoms with E-state index in [0.717, 1.165) is 21.2 Å². The van der Waals surface area contributed by atoms with Crippen LogP contribution in [0.25, 0.3) is 11.0 Å². The first kappa shape index (κ1) is 13.5. The molecule has 0 aliphatic heterocycles. The first-order valence-electron chi connectivity index (χ1n) is 6.24. The number of para-hydroxylation sites is 2. The molecule has 8 heteroatoms. The lowest BCUT2D eigenvalue weighted by Gasteiger charge is -2.02. The summed E-state index contributed by atoms with van der Waals surface area (Å²) < 4.78 is 1.69. The second-order valence-electron chi connectivity index (χ2n) is 4.54. The number of benzene rings is 1. The van der Waals surface area contributed by atoms with Crippen LogP contribution >= 0.6 is 11.8 Å². The molecule has 0 radical (unpaired) electrons. The van der Waals surface area contributed by atoms with Gasteiger partial charge in [-0.2, -0.15) is 5.10 Å². The van der Waals surface area contributed by atoms with E-state index in [4.69, 9.17) is 10.9 Å². The number of nitrogens with one attached hydrogen (secondary N) is 1. The van der Waals surface area contributed by atoms with E-state index in [1.54, 1.807) is 4.68 Å². The molecular formula is C13H14N6OS. The van der Waals surface area contributed by atoms with Crippen LogP contribution in [0.5, 0.6) is 0 Å². The molecule has 0 aliphatic carbocycles. The Labute approximate surface area is 124 Å². The van der Waals surface area contributed by atoms with Gasteiger partial charge in [0.05, 0.1) is 22.3 Å². The monoisotopic (exact) mass is 302 g/mol. The summed E-state index contributed by atoms with van der Waals surface area (Å²) in [6.45, 7) is 1.82. The molecule has 3 aromatic rings. The number of imidazole rings is 1. The molecule has 7 nitrogen and oxygen atoms in total. The lowest BCUT2D eigenvalue weighted by Crippen LogP contribution is -2.15. The highest BCUT2D eigenvalue weighted by Crippen LogP contribution is 2.31. The van der Waals surface area contributed by atoms with Crippen molar-refractivity contribution in [2.24, 2.45) is 17.9 Å². The van der Waals surface area contributed by atoms with Gasteiger partial charge in [-0.25, -0.2) is 4.98 Å². The van der Waals surface area contributed by atoms with Crippen LogP contribution in [0, 0.1) is 6.92 Å². The fraction of sp³-hybridized carbons (Fsp3) is 0.154. The second kappa shape index (κ2) is 5.13. The summed E-state index contributed by atoms with van der Waals surface area (Å²) in [7, 11) is 1.81. The zero-order valence-corrected chi connectivity index (χ0v) is 12.3. The predicted molar refractivity (Wildman–Crippen MR) is 80.7 cm³/mol. The summed E-state index contributed by atoms with van der Waals surface area (Å²) in [6.07, 6.45) is 0. The van der Waals surface area contributed by atoms with Crippen molar-refractivity contribution in [1.29, 1.82) is 0 Å². The number of hydrogen-bond acceptors (Lipinski definition) is 5. The van der Waals surface area contributed by atoms with Gasteiger partial charge in [0.15, 0.2) is 11.0 Å². The van der Waals surface area contributed by atoms with Crippen LogP contribution in [0.4, 0.5) is 0 Å². The van der Waals surface area contributed by atoms with Crippen molar-refractivity contribution in [2.45, 2.75) is 17.1 Å². The number of aryl methyl sites for hydroxylation is 2. The van der Waals surface area contributed by atoms with Gasteiger partial charge < -0.3 is 15.9 Å². The minimum absolute atomic E-state index is 0.0409. The van der Waals surface area contributed by atoms with Crippen LogP contribution < -0.4 is 5.73 Å². The van der Waals surface area contributed by atoms with E-state index in [1.165, 1.54) is 11.8 Å². The van der Waals surface area contributed by atoms with Crippen LogP contribution in [-0.2, 0) is 7.05 Å². The van der Waals surface area contributed by atoms with Gasteiger partial charge >= 0.3 is 0 Å². The molecule has 0 atom stereocenters. The van der Waals surface area contributed by atoms with Crippen molar-refractivity contribution in [3.8, 4) is 0 Å². The van der Waals surface area contributed by atoms with Crippen molar-refractivity contribution < 1.29 is 5.21 Å². The third kappa shape index (κ3) is 2.33. The number of rotatable bonds is 3. The Morgan fingerprint density at radius 2 is 2.19 bits per heavy atom. The van der Waals surface area contributed by atoms with Crippen molar-refractivity contribution in [3.05, 3.63) is 35.5 Å². The fourth-order valence-corrected chi connectivity index (χ4v) is 3.18. The lowest BCUT2D eigenvalue weighted by molar-refractivity contribution is 0.318. The van der Waals surface area contributed by atoms with Gasteiger partial charge in [0, 0.05) is 7.05 Å². The third-order valence-corrected chi connectivity index (χ3v) is 4.14. The Hall–Kier alpha value is -2.48. The fourth-order valence-electron chi connectivity index (χ4n) is 2.17. The highest BCUT2D eigenvalue weighted by Gasteiger charge is 2.19.